The standard InChI is InChI=1S/C36H34Cl2N6O8/c1-19(45)33(35(47)39-29-17-23(49-3)9-13-31(29)51-5)43-41-27-11-7-21(15-25(27)37)22-8-12-28(26(38)16-22)42-44-34(20(2)46)36(48)40-30-18-24(50-4)10-14-32(30)52-6/h7-18,33-34H,1-6H3,(H,39,47)(H,40,48). The average molecular weight is 750 g/mol. The first-order valence-corrected chi connectivity index (χ1v) is 16.1. The van der Waals surface area contributed by atoms with Gasteiger partial charge in [0.2, 0.25) is 12.1 Å². The first-order valence-electron chi connectivity index (χ1n) is 15.4. The molecule has 0 saturated carbocycles. The van der Waals surface area contributed by atoms with E-state index in [2.05, 4.69) is 31.1 Å². The van der Waals surface area contributed by atoms with Gasteiger partial charge in [-0.15, -0.1) is 0 Å². The average Bonchev–Trinajstić information content (AvgIpc) is 3.12. The lowest BCUT2D eigenvalue weighted by Gasteiger charge is -2.14. The van der Waals surface area contributed by atoms with E-state index in [9.17, 15) is 19.2 Å². The zero-order valence-electron chi connectivity index (χ0n) is 28.9. The van der Waals surface area contributed by atoms with Gasteiger partial charge in [-0.25, -0.2) is 0 Å². The lowest BCUT2D eigenvalue weighted by Crippen LogP contribution is -2.32. The highest BCUT2D eigenvalue weighted by Crippen LogP contribution is 2.36. The second-order valence-corrected chi connectivity index (χ2v) is 11.7. The van der Waals surface area contributed by atoms with Crippen LogP contribution in [0.5, 0.6) is 23.0 Å². The Morgan fingerprint density at radius 2 is 0.942 bits per heavy atom. The molecular formula is C36H34Cl2N6O8. The van der Waals surface area contributed by atoms with Gasteiger partial charge in [0.25, 0.3) is 11.8 Å². The number of methoxy groups -OCH3 is 4. The minimum atomic E-state index is -1.47. The van der Waals surface area contributed by atoms with Crippen molar-refractivity contribution in [3.63, 3.8) is 0 Å². The summed E-state index contributed by atoms with van der Waals surface area (Å²) in [6.45, 7) is 2.44. The maximum absolute atomic E-state index is 13.0. The molecule has 0 aliphatic heterocycles. The highest BCUT2D eigenvalue weighted by Gasteiger charge is 2.26. The van der Waals surface area contributed by atoms with Crippen LogP contribution in [-0.2, 0) is 19.2 Å². The summed E-state index contributed by atoms with van der Waals surface area (Å²) in [6.07, 6.45) is 0. The monoisotopic (exact) mass is 748 g/mol. The number of nitrogens with one attached hydrogen (secondary N) is 2. The van der Waals surface area contributed by atoms with Crippen LogP contribution in [-0.4, -0.2) is 63.9 Å². The van der Waals surface area contributed by atoms with E-state index in [0.717, 1.165) is 0 Å². The molecule has 0 fully saturated rings. The molecule has 2 unspecified atom stereocenters. The Bertz CT molecular complexity index is 1910. The number of ether oxygens (including phenoxy) is 4. The highest BCUT2D eigenvalue weighted by molar-refractivity contribution is 6.34. The molecule has 0 saturated heterocycles. The van der Waals surface area contributed by atoms with Crippen molar-refractivity contribution in [2.75, 3.05) is 39.1 Å². The Morgan fingerprint density at radius 3 is 1.25 bits per heavy atom. The van der Waals surface area contributed by atoms with Gasteiger partial charge in [-0.3, -0.25) is 19.2 Å². The third-order valence-corrected chi connectivity index (χ3v) is 7.99. The number of hydrogen-bond acceptors (Lipinski definition) is 12. The molecule has 0 heterocycles. The van der Waals surface area contributed by atoms with E-state index in [0.29, 0.717) is 34.1 Å². The van der Waals surface area contributed by atoms with Gasteiger partial charge < -0.3 is 29.6 Å². The molecule has 2 atom stereocenters. The number of halogens is 2. The number of benzene rings is 4. The van der Waals surface area contributed by atoms with Gasteiger partial charge in [0.05, 0.1) is 49.9 Å². The summed E-state index contributed by atoms with van der Waals surface area (Å²) in [5.41, 5.74) is 2.29. The summed E-state index contributed by atoms with van der Waals surface area (Å²) < 4.78 is 21.0. The quantitative estimate of drug-likeness (QED) is 0.0905. The summed E-state index contributed by atoms with van der Waals surface area (Å²) in [5.74, 6) is -0.888. The van der Waals surface area contributed by atoms with Gasteiger partial charge in [0.15, 0.2) is 11.6 Å². The molecule has 14 nitrogen and oxygen atoms in total. The number of ketones is 2. The number of carbonyl (C=O) groups is 4. The molecule has 4 rings (SSSR count). The minimum Gasteiger partial charge on any atom is -0.497 e. The van der Waals surface area contributed by atoms with Crippen molar-refractivity contribution in [1.82, 2.24) is 0 Å². The molecule has 52 heavy (non-hydrogen) atoms. The number of rotatable bonds is 15. The van der Waals surface area contributed by atoms with Crippen molar-refractivity contribution in [2.24, 2.45) is 20.5 Å². The molecule has 270 valence electrons. The molecule has 4 aromatic carbocycles. The van der Waals surface area contributed by atoms with E-state index >= 15 is 0 Å². The van der Waals surface area contributed by atoms with Crippen molar-refractivity contribution in [1.29, 1.82) is 0 Å². The smallest absolute Gasteiger partial charge is 0.258 e. The van der Waals surface area contributed by atoms with Gasteiger partial charge in [0, 0.05) is 12.1 Å². The van der Waals surface area contributed by atoms with Crippen LogP contribution < -0.4 is 29.6 Å². The van der Waals surface area contributed by atoms with Gasteiger partial charge in [-0.2, -0.15) is 20.5 Å². The molecule has 0 aliphatic rings. The fourth-order valence-corrected chi connectivity index (χ4v) is 5.07. The third kappa shape index (κ3) is 9.68. The molecule has 4 aromatic rings. The van der Waals surface area contributed by atoms with E-state index in [4.69, 9.17) is 42.1 Å². The largest absolute Gasteiger partial charge is 0.497 e. The lowest BCUT2D eigenvalue weighted by atomic mass is 10.0. The first kappa shape index (κ1) is 38.9. The van der Waals surface area contributed by atoms with Gasteiger partial charge in [0.1, 0.15) is 34.4 Å². The molecule has 0 radical (unpaired) electrons. The summed E-state index contributed by atoms with van der Waals surface area (Å²) >= 11 is 13.0. The maximum atomic E-state index is 13.0. The topological polar surface area (TPSA) is 179 Å². The molecule has 0 aliphatic carbocycles. The Hall–Kier alpha value is -5.86. The van der Waals surface area contributed by atoms with Crippen molar-refractivity contribution in [2.45, 2.75) is 25.9 Å². The van der Waals surface area contributed by atoms with Crippen LogP contribution >= 0.6 is 23.2 Å². The fourth-order valence-electron chi connectivity index (χ4n) is 4.64. The number of Topliss-reactive ketones (excluding diaryl/α,β-unsaturated/α-hetero) is 2. The SMILES string of the molecule is COc1ccc(OC)c(NC(=O)C(N=Nc2ccc(-c3ccc(N=NC(C(C)=O)C(=O)Nc4cc(OC)ccc4OC)c(Cl)c3)cc2Cl)C(C)=O)c1. The van der Waals surface area contributed by atoms with E-state index in [-0.39, 0.29) is 32.8 Å². The Labute approximate surface area is 309 Å². The van der Waals surface area contributed by atoms with Crippen LogP contribution in [0, 0.1) is 0 Å². The molecule has 0 aromatic heterocycles. The number of azo groups is 2. The van der Waals surface area contributed by atoms with Crippen LogP contribution in [0.3, 0.4) is 0 Å². The molecule has 2 N–H and O–H groups in total. The highest BCUT2D eigenvalue weighted by atomic mass is 35.5. The van der Waals surface area contributed by atoms with E-state index in [1.165, 1.54) is 42.3 Å². The van der Waals surface area contributed by atoms with Crippen LogP contribution in [0.15, 0.2) is 93.3 Å². The predicted octanol–water partition coefficient (Wildman–Crippen LogP) is 8.05. The van der Waals surface area contributed by atoms with Crippen LogP contribution in [0.2, 0.25) is 10.0 Å². The number of hydrogen-bond donors (Lipinski definition) is 2. The van der Waals surface area contributed by atoms with Crippen molar-refractivity contribution < 1.29 is 38.1 Å². The van der Waals surface area contributed by atoms with E-state index in [1.54, 1.807) is 72.8 Å². The number of nitrogens with zero attached hydrogens (tertiary/aromatic N) is 4. The number of carbonyl (C=O) groups excluding carboxylic acids is 4. The lowest BCUT2D eigenvalue weighted by molar-refractivity contribution is -0.127. The fraction of sp³-hybridized carbons (Fsp3) is 0.222. The summed E-state index contributed by atoms with van der Waals surface area (Å²) in [5, 5.41) is 21.7. The van der Waals surface area contributed by atoms with Gasteiger partial charge >= 0.3 is 0 Å². The zero-order chi connectivity index (χ0) is 37.9. The predicted molar refractivity (Wildman–Crippen MR) is 196 cm³/mol. The van der Waals surface area contributed by atoms with Crippen LogP contribution in [0.25, 0.3) is 11.1 Å². The van der Waals surface area contributed by atoms with Crippen LogP contribution in [0.1, 0.15) is 13.8 Å². The second-order valence-electron chi connectivity index (χ2n) is 10.9. The van der Waals surface area contributed by atoms with Gasteiger partial charge in [-0.1, -0.05) is 35.3 Å². The van der Waals surface area contributed by atoms with Crippen molar-refractivity contribution >= 4 is 69.3 Å². The van der Waals surface area contributed by atoms with E-state index in [1.807, 2.05) is 0 Å². The maximum Gasteiger partial charge on any atom is 0.258 e. The van der Waals surface area contributed by atoms with Crippen molar-refractivity contribution in [3.8, 4) is 34.1 Å². The third-order valence-electron chi connectivity index (χ3n) is 7.39. The summed E-state index contributed by atoms with van der Waals surface area (Å²) in [7, 11) is 5.84. The van der Waals surface area contributed by atoms with Gasteiger partial charge in [-0.05, 0) is 73.5 Å². The first-order chi connectivity index (χ1) is 24.9. The molecule has 2 amide bonds. The Balaban J connectivity index is 1.49. The molecule has 16 heteroatoms. The molecule has 0 spiro atoms. The normalized spacial score (nSPS) is 12.2. The van der Waals surface area contributed by atoms with E-state index < -0.39 is 35.5 Å². The van der Waals surface area contributed by atoms with Crippen molar-refractivity contribution in [3.05, 3.63) is 82.8 Å². The zero-order valence-corrected chi connectivity index (χ0v) is 30.4. The Kier molecular flexibility index (Phi) is 13.4. The number of amides is 2. The Morgan fingerprint density at radius 1 is 0.558 bits per heavy atom. The minimum absolute atomic E-state index is 0.182. The summed E-state index contributed by atoms with van der Waals surface area (Å²) in [6, 6.07) is 16.4. The summed E-state index contributed by atoms with van der Waals surface area (Å²) in [4.78, 5) is 50.7. The second kappa shape index (κ2) is 17.9. The number of anilines is 2. The molecular weight excluding hydrogens is 715 g/mol. The molecule has 0 bridgehead atoms. The van der Waals surface area contributed by atoms with Crippen LogP contribution in [0.4, 0.5) is 22.7 Å².